The van der Waals surface area contributed by atoms with Gasteiger partial charge in [-0.25, -0.2) is 4.98 Å². The fraction of sp³-hybridized carbons (Fsp3) is 0.364. The van der Waals surface area contributed by atoms with E-state index in [-0.39, 0.29) is 10.6 Å². The molecule has 1 aliphatic rings. The second-order valence-electron chi connectivity index (χ2n) is 4.24. The van der Waals surface area contributed by atoms with Crippen molar-refractivity contribution in [2.45, 2.75) is 12.8 Å². The highest BCUT2D eigenvalue weighted by molar-refractivity contribution is 7.16. The molecule has 88 valence electrons. The number of benzene rings is 1. The van der Waals surface area contributed by atoms with Crippen molar-refractivity contribution in [1.29, 1.82) is 0 Å². The van der Waals surface area contributed by atoms with Crippen LogP contribution in [-0.2, 0) is 0 Å². The third-order valence-corrected chi connectivity index (χ3v) is 3.73. The van der Waals surface area contributed by atoms with Crippen LogP contribution in [0.15, 0.2) is 17.6 Å². The average molecular weight is 249 g/mol. The predicted molar refractivity (Wildman–Crippen MR) is 67.5 cm³/mol. The lowest BCUT2D eigenvalue weighted by atomic mass is 10.2. The van der Waals surface area contributed by atoms with Gasteiger partial charge in [0.2, 0.25) is 0 Å². The number of rotatable bonds is 4. The monoisotopic (exact) mass is 249 g/mol. The molecule has 5 nitrogen and oxygen atoms in total. The fourth-order valence-corrected chi connectivity index (χ4v) is 2.50. The van der Waals surface area contributed by atoms with Gasteiger partial charge in [0.25, 0.3) is 0 Å². The maximum Gasteiger partial charge on any atom is 0.319 e. The molecule has 1 N–H and O–H groups in total. The highest BCUT2D eigenvalue weighted by Gasteiger charge is 2.24. The first-order chi connectivity index (χ1) is 8.25. The van der Waals surface area contributed by atoms with E-state index >= 15 is 0 Å². The van der Waals surface area contributed by atoms with Gasteiger partial charge in [-0.05, 0) is 30.9 Å². The van der Waals surface area contributed by atoms with E-state index in [1.165, 1.54) is 24.2 Å². The molecule has 6 heteroatoms. The van der Waals surface area contributed by atoms with Crippen molar-refractivity contribution >= 4 is 32.9 Å². The van der Waals surface area contributed by atoms with Gasteiger partial charge in [-0.15, -0.1) is 11.3 Å². The van der Waals surface area contributed by atoms with Gasteiger partial charge in [0, 0.05) is 6.54 Å². The molecule has 0 saturated heterocycles. The number of fused-ring (bicyclic) bond motifs is 1. The van der Waals surface area contributed by atoms with Gasteiger partial charge in [0.1, 0.15) is 5.69 Å². The number of nitro groups is 1. The lowest BCUT2D eigenvalue weighted by molar-refractivity contribution is -0.382. The molecule has 2 aromatic rings. The van der Waals surface area contributed by atoms with Crippen molar-refractivity contribution in [2.24, 2.45) is 5.92 Å². The van der Waals surface area contributed by atoms with E-state index in [9.17, 15) is 10.1 Å². The SMILES string of the molecule is O=[N+]([O-])c1c(NCC2CC2)ccc2scnc12. The minimum Gasteiger partial charge on any atom is -0.379 e. The van der Waals surface area contributed by atoms with Gasteiger partial charge < -0.3 is 5.32 Å². The third kappa shape index (κ3) is 1.95. The second-order valence-corrected chi connectivity index (χ2v) is 5.13. The van der Waals surface area contributed by atoms with Gasteiger partial charge >= 0.3 is 5.69 Å². The first-order valence-electron chi connectivity index (χ1n) is 5.50. The largest absolute Gasteiger partial charge is 0.379 e. The van der Waals surface area contributed by atoms with E-state index in [0.29, 0.717) is 17.1 Å². The first kappa shape index (κ1) is 10.5. The molecule has 1 fully saturated rings. The zero-order valence-electron chi connectivity index (χ0n) is 9.05. The Hall–Kier alpha value is -1.69. The van der Waals surface area contributed by atoms with Crippen LogP contribution in [0.4, 0.5) is 11.4 Å². The quantitative estimate of drug-likeness (QED) is 0.668. The number of thiazole rings is 1. The van der Waals surface area contributed by atoms with Crippen LogP contribution in [0.3, 0.4) is 0 Å². The standard InChI is InChI=1S/C11H11N3O2S/c15-14(16)11-8(12-5-7-1-2-7)3-4-9-10(11)13-6-17-9/h3-4,6-7,12H,1-2,5H2. The van der Waals surface area contributed by atoms with Crippen LogP contribution in [0.5, 0.6) is 0 Å². The van der Waals surface area contributed by atoms with E-state index < -0.39 is 0 Å². The number of nitrogens with zero attached hydrogens (tertiary/aromatic N) is 2. The Morgan fingerprint density at radius 1 is 1.53 bits per heavy atom. The number of hydrogen-bond acceptors (Lipinski definition) is 5. The van der Waals surface area contributed by atoms with Gasteiger partial charge in [-0.2, -0.15) is 0 Å². The summed E-state index contributed by atoms with van der Waals surface area (Å²) in [7, 11) is 0. The van der Waals surface area contributed by atoms with Gasteiger partial charge in [0.15, 0.2) is 5.52 Å². The van der Waals surface area contributed by atoms with E-state index in [1.54, 1.807) is 11.6 Å². The van der Waals surface area contributed by atoms with Gasteiger partial charge in [0.05, 0.1) is 15.1 Å². The van der Waals surface area contributed by atoms with Crippen LogP contribution >= 0.6 is 11.3 Å². The third-order valence-electron chi connectivity index (χ3n) is 2.94. The number of anilines is 1. The molecular formula is C11H11N3O2S. The number of aromatic nitrogens is 1. The lowest BCUT2D eigenvalue weighted by Crippen LogP contribution is -2.05. The molecule has 0 aliphatic heterocycles. The van der Waals surface area contributed by atoms with Crippen molar-refractivity contribution in [3.8, 4) is 0 Å². The lowest BCUT2D eigenvalue weighted by Gasteiger charge is -2.06. The molecule has 1 saturated carbocycles. The Balaban J connectivity index is 2.02. The summed E-state index contributed by atoms with van der Waals surface area (Å²) >= 11 is 1.42. The second kappa shape index (κ2) is 3.96. The Kier molecular flexibility index (Phi) is 2.44. The Labute approximate surface area is 102 Å². The summed E-state index contributed by atoms with van der Waals surface area (Å²) in [5.41, 5.74) is 2.81. The van der Waals surface area contributed by atoms with Crippen LogP contribution in [-0.4, -0.2) is 16.5 Å². The molecule has 0 unspecified atom stereocenters. The van der Waals surface area contributed by atoms with Crippen LogP contribution in [0.25, 0.3) is 10.2 Å². The van der Waals surface area contributed by atoms with Crippen LogP contribution in [0.2, 0.25) is 0 Å². The number of hydrogen-bond donors (Lipinski definition) is 1. The molecule has 0 bridgehead atoms. The Morgan fingerprint density at radius 3 is 3.06 bits per heavy atom. The summed E-state index contributed by atoms with van der Waals surface area (Å²) in [6, 6.07) is 3.66. The highest BCUT2D eigenvalue weighted by atomic mass is 32.1. The minimum atomic E-state index is -0.350. The molecule has 3 rings (SSSR count). The maximum atomic E-state index is 11.1. The minimum absolute atomic E-state index is 0.101. The van der Waals surface area contributed by atoms with Crippen LogP contribution in [0, 0.1) is 16.0 Å². The highest BCUT2D eigenvalue weighted by Crippen LogP contribution is 2.36. The first-order valence-corrected chi connectivity index (χ1v) is 6.38. The molecule has 1 aliphatic carbocycles. The Morgan fingerprint density at radius 2 is 2.35 bits per heavy atom. The molecule has 17 heavy (non-hydrogen) atoms. The average Bonchev–Trinajstić information content (AvgIpc) is 3.01. The molecular weight excluding hydrogens is 238 g/mol. The van der Waals surface area contributed by atoms with Crippen molar-refractivity contribution in [1.82, 2.24) is 4.98 Å². The van der Waals surface area contributed by atoms with E-state index in [2.05, 4.69) is 10.3 Å². The smallest absolute Gasteiger partial charge is 0.319 e. The molecule has 0 atom stereocenters. The molecule has 0 spiro atoms. The molecule has 1 heterocycles. The van der Waals surface area contributed by atoms with Crippen molar-refractivity contribution in [3.05, 3.63) is 27.8 Å². The summed E-state index contributed by atoms with van der Waals surface area (Å²) < 4.78 is 0.855. The Bertz CT molecular complexity index is 577. The molecule has 1 aromatic carbocycles. The molecule has 1 aromatic heterocycles. The summed E-state index contributed by atoms with van der Waals surface area (Å²) in [5, 5.41) is 14.3. The van der Waals surface area contributed by atoms with Crippen molar-refractivity contribution in [3.63, 3.8) is 0 Å². The number of nitrogens with one attached hydrogen (secondary N) is 1. The predicted octanol–water partition coefficient (Wildman–Crippen LogP) is 3.03. The number of nitro benzene ring substituents is 1. The summed E-state index contributed by atoms with van der Waals surface area (Å²) in [4.78, 5) is 14.9. The molecule has 0 amide bonds. The van der Waals surface area contributed by atoms with E-state index in [4.69, 9.17) is 0 Å². The van der Waals surface area contributed by atoms with Crippen LogP contribution in [0.1, 0.15) is 12.8 Å². The summed E-state index contributed by atoms with van der Waals surface area (Å²) in [6.07, 6.45) is 2.44. The maximum absolute atomic E-state index is 11.1. The summed E-state index contributed by atoms with van der Waals surface area (Å²) in [6.45, 7) is 0.816. The van der Waals surface area contributed by atoms with Crippen LogP contribution < -0.4 is 5.32 Å². The topological polar surface area (TPSA) is 68.1 Å². The summed E-state index contributed by atoms with van der Waals surface area (Å²) in [5.74, 6) is 0.681. The van der Waals surface area contributed by atoms with Gasteiger partial charge in [-0.3, -0.25) is 10.1 Å². The normalized spacial score (nSPS) is 15.1. The van der Waals surface area contributed by atoms with Gasteiger partial charge in [-0.1, -0.05) is 0 Å². The van der Waals surface area contributed by atoms with E-state index in [1.807, 2.05) is 6.07 Å². The van der Waals surface area contributed by atoms with Crippen molar-refractivity contribution in [2.75, 3.05) is 11.9 Å². The molecule has 0 radical (unpaired) electrons. The fourth-order valence-electron chi connectivity index (χ4n) is 1.82. The zero-order valence-corrected chi connectivity index (χ0v) is 9.87. The van der Waals surface area contributed by atoms with Crippen molar-refractivity contribution < 1.29 is 4.92 Å². The van der Waals surface area contributed by atoms with E-state index in [0.717, 1.165) is 11.2 Å². The zero-order chi connectivity index (χ0) is 11.8.